The van der Waals surface area contributed by atoms with E-state index in [-0.39, 0.29) is 12.6 Å². The third kappa shape index (κ3) is 3.64. The maximum Gasteiger partial charge on any atom is 0.225 e. The first-order valence-corrected chi connectivity index (χ1v) is 6.64. The number of nitrogens with zero attached hydrogens (tertiary/aromatic N) is 3. The van der Waals surface area contributed by atoms with Gasteiger partial charge < -0.3 is 15.7 Å². The van der Waals surface area contributed by atoms with E-state index in [0.29, 0.717) is 5.95 Å². The second kappa shape index (κ2) is 6.81. The van der Waals surface area contributed by atoms with Gasteiger partial charge in [0.05, 0.1) is 18.0 Å². The molecule has 2 heterocycles. The fourth-order valence-electron chi connectivity index (χ4n) is 1.69. The number of pyridine rings is 1. The number of hydrogen-bond donors (Lipinski definition) is 3. The topological polar surface area (TPSA) is 83.0 Å². The number of aliphatic hydroxyl groups excluding tert-OH is 1. The Bertz CT molecular complexity index is 547. The van der Waals surface area contributed by atoms with Gasteiger partial charge in [-0.3, -0.25) is 4.98 Å². The monoisotopic (exact) mass is 273 g/mol. The van der Waals surface area contributed by atoms with Crippen molar-refractivity contribution in [1.29, 1.82) is 0 Å². The minimum absolute atomic E-state index is 0.0215. The first kappa shape index (κ1) is 14.2. The second-order valence-corrected chi connectivity index (χ2v) is 4.44. The Morgan fingerprint density at radius 3 is 2.75 bits per heavy atom. The molecule has 0 bridgehead atoms. The maximum atomic E-state index is 9.11. The Balaban J connectivity index is 2.35. The third-order valence-corrected chi connectivity index (χ3v) is 2.66. The number of nitrogens with one attached hydrogen (secondary N) is 2. The van der Waals surface area contributed by atoms with Crippen LogP contribution >= 0.6 is 0 Å². The van der Waals surface area contributed by atoms with Gasteiger partial charge in [-0.15, -0.1) is 0 Å². The van der Waals surface area contributed by atoms with Crippen LogP contribution in [0.5, 0.6) is 0 Å². The molecule has 0 aliphatic heterocycles. The van der Waals surface area contributed by atoms with Crippen LogP contribution in [0.15, 0.2) is 30.5 Å². The van der Waals surface area contributed by atoms with E-state index in [4.69, 9.17) is 5.11 Å². The van der Waals surface area contributed by atoms with Gasteiger partial charge >= 0.3 is 0 Å². The molecule has 0 spiro atoms. The summed E-state index contributed by atoms with van der Waals surface area (Å²) in [5.74, 6) is 1.21. The van der Waals surface area contributed by atoms with Crippen LogP contribution in [0, 0.1) is 0 Å². The highest BCUT2D eigenvalue weighted by atomic mass is 16.3. The van der Waals surface area contributed by atoms with Crippen molar-refractivity contribution in [3.8, 4) is 11.4 Å². The molecule has 0 saturated heterocycles. The molecule has 0 aliphatic carbocycles. The predicted octanol–water partition coefficient (Wildman–Crippen LogP) is 1.76. The molecule has 0 radical (unpaired) electrons. The Morgan fingerprint density at radius 2 is 2.10 bits per heavy atom. The van der Waals surface area contributed by atoms with E-state index in [1.807, 2.05) is 38.1 Å². The molecule has 0 aliphatic rings. The molecule has 0 fully saturated rings. The van der Waals surface area contributed by atoms with Crippen molar-refractivity contribution < 1.29 is 5.11 Å². The summed E-state index contributed by atoms with van der Waals surface area (Å²) in [4.78, 5) is 13.1. The Labute approximate surface area is 118 Å². The van der Waals surface area contributed by atoms with Crippen molar-refractivity contribution in [1.82, 2.24) is 15.0 Å². The number of aromatic nitrogens is 3. The lowest BCUT2D eigenvalue weighted by Gasteiger charge is -2.13. The molecule has 3 N–H and O–H groups in total. The molecule has 1 atom stereocenters. The molecule has 2 aromatic rings. The Morgan fingerprint density at radius 1 is 1.25 bits per heavy atom. The highest BCUT2D eigenvalue weighted by Gasteiger charge is 2.09. The third-order valence-electron chi connectivity index (χ3n) is 2.66. The highest BCUT2D eigenvalue weighted by molar-refractivity contribution is 5.60. The number of rotatable bonds is 6. The van der Waals surface area contributed by atoms with Crippen molar-refractivity contribution >= 4 is 11.8 Å². The SMILES string of the molecule is CCNc1cc(-c2ccccn2)nc(N[C@@H](C)CO)n1. The smallest absolute Gasteiger partial charge is 0.225 e. The van der Waals surface area contributed by atoms with Gasteiger partial charge in [-0.1, -0.05) is 6.07 Å². The first-order valence-electron chi connectivity index (χ1n) is 6.64. The summed E-state index contributed by atoms with van der Waals surface area (Å²) in [6.07, 6.45) is 1.73. The van der Waals surface area contributed by atoms with Crippen molar-refractivity contribution in [3.05, 3.63) is 30.5 Å². The molecule has 2 aromatic heterocycles. The van der Waals surface area contributed by atoms with E-state index in [2.05, 4.69) is 25.6 Å². The molecule has 20 heavy (non-hydrogen) atoms. The zero-order valence-electron chi connectivity index (χ0n) is 11.7. The fourth-order valence-corrected chi connectivity index (χ4v) is 1.69. The lowest BCUT2D eigenvalue weighted by molar-refractivity contribution is 0.281. The van der Waals surface area contributed by atoms with Gasteiger partial charge in [-0.2, -0.15) is 4.98 Å². The fraction of sp³-hybridized carbons (Fsp3) is 0.357. The van der Waals surface area contributed by atoms with Crippen molar-refractivity contribution in [2.45, 2.75) is 19.9 Å². The summed E-state index contributed by atoms with van der Waals surface area (Å²) >= 11 is 0. The first-order chi connectivity index (χ1) is 9.72. The minimum Gasteiger partial charge on any atom is -0.394 e. The van der Waals surface area contributed by atoms with Crippen LogP contribution in [0.2, 0.25) is 0 Å². The van der Waals surface area contributed by atoms with E-state index < -0.39 is 0 Å². The average Bonchev–Trinajstić information content (AvgIpc) is 2.48. The largest absolute Gasteiger partial charge is 0.394 e. The Kier molecular flexibility index (Phi) is 4.84. The molecular formula is C14H19N5O. The van der Waals surface area contributed by atoms with E-state index in [1.54, 1.807) is 6.20 Å². The number of aliphatic hydroxyl groups is 1. The zero-order chi connectivity index (χ0) is 14.4. The van der Waals surface area contributed by atoms with Crippen LogP contribution in [0.25, 0.3) is 11.4 Å². The quantitative estimate of drug-likeness (QED) is 0.744. The summed E-state index contributed by atoms with van der Waals surface area (Å²) in [6, 6.07) is 7.44. The Hall–Kier alpha value is -2.21. The van der Waals surface area contributed by atoms with Gasteiger partial charge in [0.2, 0.25) is 5.95 Å². The molecular weight excluding hydrogens is 254 g/mol. The van der Waals surface area contributed by atoms with Crippen LogP contribution in [-0.4, -0.2) is 39.3 Å². The van der Waals surface area contributed by atoms with E-state index in [0.717, 1.165) is 23.8 Å². The molecule has 6 heteroatoms. The van der Waals surface area contributed by atoms with Gasteiger partial charge in [-0.25, -0.2) is 4.98 Å². The second-order valence-electron chi connectivity index (χ2n) is 4.44. The summed E-state index contributed by atoms with van der Waals surface area (Å²) in [6.45, 7) is 4.66. The summed E-state index contributed by atoms with van der Waals surface area (Å²) in [5, 5.41) is 15.3. The lowest BCUT2D eigenvalue weighted by Crippen LogP contribution is -2.21. The van der Waals surface area contributed by atoms with Crippen LogP contribution in [-0.2, 0) is 0 Å². The average molecular weight is 273 g/mol. The van der Waals surface area contributed by atoms with E-state index in [1.165, 1.54) is 0 Å². The van der Waals surface area contributed by atoms with Crippen LogP contribution in [0.1, 0.15) is 13.8 Å². The highest BCUT2D eigenvalue weighted by Crippen LogP contribution is 2.19. The van der Waals surface area contributed by atoms with E-state index in [9.17, 15) is 0 Å². The van der Waals surface area contributed by atoms with Gasteiger partial charge in [0, 0.05) is 24.8 Å². The number of anilines is 2. The molecule has 0 unspecified atom stereocenters. The molecule has 6 nitrogen and oxygen atoms in total. The standard InChI is InChI=1S/C14H19N5O/c1-3-15-13-8-12(11-6-4-5-7-16-11)18-14(19-13)17-10(2)9-20/h4-8,10,20H,3,9H2,1-2H3,(H2,15,17,18,19)/t10-/m0/s1. The summed E-state index contributed by atoms with van der Waals surface area (Å²) in [5.41, 5.74) is 1.53. The molecule has 2 rings (SSSR count). The predicted molar refractivity (Wildman–Crippen MR) is 79.6 cm³/mol. The molecule has 0 saturated carbocycles. The van der Waals surface area contributed by atoms with Gasteiger partial charge in [-0.05, 0) is 26.0 Å². The molecule has 0 aromatic carbocycles. The van der Waals surface area contributed by atoms with Crippen LogP contribution < -0.4 is 10.6 Å². The maximum absolute atomic E-state index is 9.11. The van der Waals surface area contributed by atoms with Crippen molar-refractivity contribution in [2.24, 2.45) is 0 Å². The van der Waals surface area contributed by atoms with Gasteiger partial charge in [0.25, 0.3) is 0 Å². The van der Waals surface area contributed by atoms with Crippen LogP contribution in [0.4, 0.5) is 11.8 Å². The van der Waals surface area contributed by atoms with Crippen molar-refractivity contribution in [3.63, 3.8) is 0 Å². The molecule has 0 amide bonds. The summed E-state index contributed by atoms with van der Waals surface area (Å²) in [7, 11) is 0. The normalized spacial score (nSPS) is 11.9. The summed E-state index contributed by atoms with van der Waals surface area (Å²) < 4.78 is 0. The molecule has 106 valence electrons. The van der Waals surface area contributed by atoms with Gasteiger partial charge in [0.1, 0.15) is 5.82 Å². The number of hydrogen-bond acceptors (Lipinski definition) is 6. The van der Waals surface area contributed by atoms with Crippen molar-refractivity contribution in [2.75, 3.05) is 23.8 Å². The van der Waals surface area contributed by atoms with Crippen LogP contribution in [0.3, 0.4) is 0 Å². The van der Waals surface area contributed by atoms with E-state index >= 15 is 0 Å². The zero-order valence-corrected chi connectivity index (χ0v) is 11.7. The minimum atomic E-state index is -0.108. The van der Waals surface area contributed by atoms with Gasteiger partial charge in [0.15, 0.2) is 0 Å². The lowest BCUT2D eigenvalue weighted by atomic mass is 10.2.